The number of benzene rings is 1. The van der Waals surface area contributed by atoms with Crippen molar-refractivity contribution in [3.05, 3.63) is 35.9 Å². The molecule has 0 radical (unpaired) electrons. The molecular weight excluding hydrogens is 414 g/mol. The fourth-order valence-corrected chi connectivity index (χ4v) is 3.06. The fraction of sp³-hybridized carbons (Fsp3) is 0.550. The highest BCUT2D eigenvalue weighted by molar-refractivity contribution is 6.70. The molecule has 0 bridgehead atoms. The van der Waals surface area contributed by atoms with Gasteiger partial charge in [0.05, 0.1) is 11.4 Å². The van der Waals surface area contributed by atoms with Crippen LogP contribution in [0.5, 0.6) is 0 Å². The monoisotopic (exact) mass is 451 g/mol. The van der Waals surface area contributed by atoms with Crippen molar-refractivity contribution in [2.75, 3.05) is 0 Å². The minimum absolute atomic E-state index is 0.526. The van der Waals surface area contributed by atoms with E-state index in [1.807, 2.05) is 30.3 Å². The van der Waals surface area contributed by atoms with E-state index < -0.39 is 25.0 Å². The van der Waals surface area contributed by atoms with Gasteiger partial charge in [0.2, 0.25) is 0 Å². The van der Waals surface area contributed by atoms with E-state index in [9.17, 15) is 0 Å². The predicted molar refractivity (Wildman–Crippen MR) is 131 cm³/mol. The molecule has 0 aliphatic carbocycles. The second-order valence-electron chi connectivity index (χ2n) is 9.84. The van der Waals surface area contributed by atoms with E-state index in [1.54, 1.807) is 6.21 Å². The molecule has 0 saturated heterocycles. The Bertz CT molecular complexity index is 716. The minimum atomic E-state index is -1.80. The largest absolute Gasteiger partial charge is 0.456 e. The number of rotatable bonds is 11. The maximum Gasteiger partial charge on any atom is 0.278 e. The third-order valence-electron chi connectivity index (χ3n) is 3.08. The number of hydrogen-bond donors (Lipinski definition) is 0. The first-order chi connectivity index (χ1) is 13.3. The predicted octanol–water partition coefficient (Wildman–Crippen LogP) is 6.07. The Hall–Kier alpha value is -1.72. The van der Waals surface area contributed by atoms with Gasteiger partial charge in [0, 0.05) is 19.1 Å². The van der Waals surface area contributed by atoms with Crippen LogP contribution in [0, 0.1) is 0 Å². The van der Waals surface area contributed by atoms with Gasteiger partial charge >= 0.3 is 0 Å². The van der Waals surface area contributed by atoms with Crippen LogP contribution in [0.25, 0.3) is 0 Å². The van der Waals surface area contributed by atoms with Crippen molar-refractivity contribution < 1.29 is 13.6 Å². The summed E-state index contributed by atoms with van der Waals surface area (Å²) in [4.78, 5) is 0. The molecule has 29 heavy (non-hydrogen) atoms. The molecule has 0 amide bonds. The third-order valence-corrected chi connectivity index (χ3v) is 5.02. The maximum atomic E-state index is 5.85. The molecule has 0 heterocycles. The fourth-order valence-electron chi connectivity index (χ4n) is 1.88. The van der Waals surface area contributed by atoms with E-state index in [-0.39, 0.29) is 0 Å². The van der Waals surface area contributed by atoms with Gasteiger partial charge in [-0.15, -0.1) is 15.5 Å². The Balaban J connectivity index is 3.09. The van der Waals surface area contributed by atoms with Gasteiger partial charge in [0.1, 0.15) is 0 Å². The lowest BCUT2D eigenvalue weighted by Crippen LogP contribution is -2.25. The zero-order chi connectivity index (χ0) is 22.1. The summed E-state index contributed by atoms with van der Waals surface area (Å²) in [6, 6.07) is 10.1. The van der Waals surface area contributed by atoms with Gasteiger partial charge in [-0.25, -0.2) is 0 Å². The molecule has 0 fully saturated rings. The van der Waals surface area contributed by atoms with Crippen LogP contribution in [0.3, 0.4) is 0 Å². The average molecular weight is 452 g/mol. The molecule has 0 saturated carbocycles. The summed E-state index contributed by atoms with van der Waals surface area (Å²) >= 11 is 0. The molecule has 0 spiro atoms. The van der Waals surface area contributed by atoms with Crippen molar-refractivity contribution >= 4 is 42.6 Å². The second-order valence-corrected chi connectivity index (χ2v) is 23.1. The summed E-state index contributed by atoms with van der Waals surface area (Å²) in [6.07, 6.45) is 2.82. The number of oxime groups is 3. The molecule has 0 atom stereocenters. The lowest BCUT2D eigenvalue weighted by Gasteiger charge is -2.17. The maximum absolute atomic E-state index is 5.85. The van der Waals surface area contributed by atoms with E-state index in [0.29, 0.717) is 12.8 Å². The van der Waals surface area contributed by atoms with Crippen molar-refractivity contribution in [2.24, 2.45) is 15.5 Å². The van der Waals surface area contributed by atoms with Crippen molar-refractivity contribution in [1.29, 1.82) is 0 Å². The van der Waals surface area contributed by atoms with Crippen LogP contribution in [0.2, 0.25) is 58.9 Å². The molecule has 1 aromatic carbocycles. The SMILES string of the molecule is C[Si](C)(C)ON=CCC(CC(=NO[Si](C)(C)C)c1ccccc1)=NO[Si](C)(C)C. The first-order valence-corrected chi connectivity index (χ1v) is 20.2. The van der Waals surface area contributed by atoms with E-state index >= 15 is 0 Å². The van der Waals surface area contributed by atoms with Crippen LogP contribution in [0.1, 0.15) is 18.4 Å². The summed E-state index contributed by atoms with van der Waals surface area (Å²) < 4.78 is 17.2. The summed E-state index contributed by atoms with van der Waals surface area (Å²) in [5.74, 6) is 0. The van der Waals surface area contributed by atoms with Gasteiger partial charge in [-0.1, -0.05) is 30.3 Å². The smallest absolute Gasteiger partial charge is 0.278 e. The molecule has 162 valence electrons. The van der Waals surface area contributed by atoms with E-state index in [1.165, 1.54) is 0 Å². The van der Waals surface area contributed by atoms with E-state index in [2.05, 4.69) is 74.4 Å². The van der Waals surface area contributed by atoms with Crippen LogP contribution >= 0.6 is 0 Å². The summed E-state index contributed by atoms with van der Waals surface area (Å²) in [5, 5.41) is 13.1. The van der Waals surface area contributed by atoms with Gasteiger partial charge < -0.3 is 13.6 Å². The Labute approximate surface area is 179 Å². The molecule has 0 aliphatic rings. The molecule has 1 aromatic rings. The van der Waals surface area contributed by atoms with Crippen molar-refractivity contribution in [1.82, 2.24) is 0 Å². The summed E-state index contributed by atoms with van der Waals surface area (Å²) in [7, 11) is -5.29. The third kappa shape index (κ3) is 13.2. The molecule has 0 unspecified atom stereocenters. The van der Waals surface area contributed by atoms with Gasteiger partial charge in [0.25, 0.3) is 25.0 Å². The van der Waals surface area contributed by atoms with Gasteiger partial charge in [-0.3, -0.25) is 0 Å². The zero-order valence-corrected chi connectivity index (χ0v) is 22.4. The van der Waals surface area contributed by atoms with Crippen molar-refractivity contribution in [3.63, 3.8) is 0 Å². The van der Waals surface area contributed by atoms with Crippen LogP contribution in [0.15, 0.2) is 45.8 Å². The van der Waals surface area contributed by atoms with Crippen LogP contribution in [-0.2, 0) is 13.6 Å². The minimum Gasteiger partial charge on any atom is -0.456 e. The Morgan fingerprint density at radius 2 is 1.28 bits per heavy atom. The van der Waals surface area contributed by atoms with Gasteiger partial charge in [0.15, 0.2) is 0 Å². The number of nitrogens with zero attached hydrogens (tertiary/aromatic N) is 3. The Morgan fingerprint density at radius 3 is 1.79 bits per heavy atom. The van der Waals surface area contributed by atoms with E-state index in [4.69, 9.17) is 13.6 Å². The first kappa shape index (κ1) is 25.3. The summed E-state index contributed by atoms with van der Waals surface area (Å²) in [6.45, 7) is 19.0. The Morgan fingerprint density at radius 1 is 0.759 bits per heavy atom. The normalized spacial score (nSPS) is 14.2. The molecule has 0 N–H and O–H groups in total. The van der Waals surface area contributed by atoms with Crippen LogP contribution in [0.4, 0.5) is 0 Å². The van der Waals surface area contributed by atoms with Gasteiger partial charge in [-0.2, -0.15) is 0 Å². The lowest BCUT2D eigenvalue weighted by molar-refractivity contribution is 0.331. The molecule has 1 rings (SSSR count). The zero-order valence-electron chi connectivity index (χ0n) is 19.4. The highest BCUT2D eigenvalue weighted by atomic mass is 28.4. The quantitative estimate of drug-likeness (QED) is 0.233. The molecular formula is C20H37N3O3Si3. The molecule has 9 heteroatoms. The van der Waals surface area contributed by atoms with Crippen molar-refractivity contribution in [2.45, 2.75) is 71.8 Å². The highest BCUT2D eigenvalue weighted by Gasteiger charge is 2.20. The lowest BCUT2D eigenvalue weighted by atomic mass is 10.0. The molecule has 0 aliphatic heterocycles. The topological polar surface area (TPSA) is 64.8 Å². The first-order valence-electron chi connectivity index (χ1n) is 10.00. The van der Waals surface area contributed by atoms with Crippen molar-refractivity contribution in [3.8, 4) is 0 Å². The number of hydrogen-bond acceptors (Lipinski definition) is 6. The summed E-state index contributed by atoms with van der Waals surface area (Å²) in [5.41, 5.74) is 2.70. The standard InChI is InChI=1S/C20H37N3O3Si3/c1-27(2,3)24-21-16-15-19(22-25-28(4,5)6)17-20(23-26-29(7,8)9)18-13-11-10-12-14-18/h10-14,16H,15,17H2,1-9H3. The van der Waals surface area contributed by atoms with Crippen LogP contribution in [-0.4, -0.2) is 42.6 Å². The van der Waals surface area contributed by atoms with E-state index in [0.717, 1.165) is 17.0 Å². The molecule has 6 nitrogen and oxygen atoms in total. The van der Waals surface area contributed by atoms with Gasteiger partial charge in [-0.05, 0) is 64.5 Å². The van der Waals surface area contributed by atoms with Crippen LogP contribution < -0.4 is 0 Å². The second kappa shape index (κ2) is 10.9. The Kier molecular flexibility index (Phi) is 9.50. The highest BCUT2D eigenvalue weighted by Crippen LogP contribution is 2.13. The molecule has 0 aromatic heterocycles. The average Bonchev–Trinajstić information content (AvgIpc) is 2.57.